The number of thioether (sulfide) groups is 1. The minimum atomic E-state index is -3.81. The number of rotatable bonds is 3. The van der Waals surface area contributed by atoms with Gasteiger partial charge in [-0.1, -0.05) is 13.8 Å². The van der Waals surface area contributed by atoms with Crippen LogP contribution < -0.4 is 51.4 Å². The average molecular weight is 269 g/mol. The van der Waals surface area contributed by atoms with Gasteiger partial charge in [-0.2, -0.15) is 0 Å². The fourth-order valence-corrected chi connectivity index (χ4v) is 2.30. The molecule has 78 valence electrons. The summed E-state index contributed by atoms with van der Waals surface area (Å²) in [5, 5.41) is 7.32. The van der Waals surface area contributed by atoms with Gasteiger partial charge in [-0.05, 0) is 24.3 Å². The topological polar surface area (TPSA) is 57.9 Å². The zero-order valence-corrected chi connectivity index (χ0v) is 13.8. The van der Waals surface area contributed by atoms with Crippen molar-refractivity contribution in [3.63, 3.8) is 0 Å². The molecule has 0 aliphatic carbocycles. The normalized spacial score (nSPS) is 11.2. The smallest absolute Gasteiger partial charge is 0.560 e. The van der Waals surface area contributed by atoms with Gasteiger partial charge in [0, 0.05) is 15.0 Å². The first kappa shape index (κ1) is 16.1. The molecule has 15 heavy (non-hydrogen) atoms. The SMILES string of the molecule is CC(C)Sc1ccc(S([NH-])(=O)=O)cc1.[K+]. The van der Waals surface area contributed by atoms with Crippen LogP contribution in [-0.2, 0) is 10.0 Å². The third-order valence-corrected chi connectivity index (χ3v) is 3.41. The van der Waals surface area contributed by atoms with Crippen LogP contribution in [0.25, 0.3) is 5.14 Å². The van der Waals surface area contributed by atoms with Crippen molar-refractivity contribution in [2.45, 2.75) is 28.9 Å². The predicted octanol–water partition coefficient (Wildman–Crippen LogP) is -0.0680. The number of benzene rings is 1. The maximum absolute atomic E-state index is 10.8. The second kappa shape index (κ2) is 6.76. The van der Waals surface area contributed by atoms with Crippen molar-refractivity contribution in [1.29, 1.82) is 0 Å². The summed E-state index contributed by atoms with van der Waals surface area (Å²) in [5.74, 6) is 0. The molecule has 0 radical (unpaired) electrons. The summed E-state index contributed by atoms with van der Waals surface area (Å²) in [6.45, 7) is 4.14. The minimum Gasteiger partial charge on any atom is -0.560 e. The fraction of sp³-hybridized carbons (Fsp3) is 0.333. The Bertz CT molecular complexity index is 401. The quantitative estimate of drug-likeness (QED) is 0.570. The molecule has 0 heterocycles. The Morgan fingerprint density at radius 2 is 1.67 bits per heavy atom. The molecular weight excluding hydrogens is 257 g/mol. The molecule has 0 amide bonds. The molecule has 0 atom stereocenters. The molecular formula is C9H12KNO2S2. The van der Waals surface area contributed by atoms with E-state index in [0.717, 1.165) is 4.90 Å². The molecule has 1 aromatic carbocycles. The molecule has 0 bridgehead atoms. The van der Waals surface area contributed by atoms with E-state index in [1.807, 2.05) is 0 Å². The largest absolute Gasteiger partial charge is 1.00 e. The molecule has 0 aliphatic rings. The summed E-state index contributed by atoms with van der Waals surface area (Å²) in [7, 11) is -3.81. The average Bonchev–Trinajstić information content (AvgIpc) is 2.02. The van der Waals surface area contributed by atoms with Gasteiger partial charge in [0.05, 0.1) is 10.0 Å². The number of hydrogen-bond acceptors (Lipinski definition) is 3. The molecule has 3 nitrogen and oxygen atoms in total. The van der Waals surface area contributed by atoms with Gasteiger partial charge in [0.15, 0.2) is 0 Å². The standard InChI is InChI=1S/C9H12NO2S2.K/c1-7(2)13-8-3-5-9(6-4-8)14(10,11)12;/h3-7H,1-2H3,(H-,10,11,12);/q-1;+1. The third-order valence-electron chi connectivity index (χ3n) is 1.51. The number of sulfonamides is 1. The van der Waals surface area contributed by atoms with Crippen LogP contribution in [-0.4, -0.2) is 13.7 Å². The molecule has 1 N–H and O–H groups in total. The Balaban J connectivity index is 0.00000196. The molecule has 1 aromatic rings. The summed E-state index contributed by atoms with van der Waals surface area (Å²) < 4.78 is 21.7. The van der Waals surface area contributed by atoms with Gasteiger partial charge in [-0.25, -0.2) is 8.42 Å². The van der Waals surface area contributed by atoms with Crippen molar-refractivity contribution in [2.24, 2.45) is 0 Å². The Morgan fingerprint density at radius 3 is 2.00 bits per heavy atom. The van der Waals surface area contributed by atoms with E-state index in [-0.39, 0.29) is 56.3 Å². The van der Waals surface area contributed by atoms with Gasteiger partial charge in [0.2, 0.25) is 0 Å². The van der Waals surface area contributed by atoms with E-state index in [2.05, 4.69) is 13.8 Å². The van der Waals surface area contributed by atoms with Gasteiger partial charge >= 0.3 is 51.4 Å². The van der Waals surface area contributed by atoms with Gasteiger partial charge < -0.3 is 5.14 Å². The van der Waals surface area contributed by atoms with Gasteiger partial charge in [0.25, 0.3) is 0 Å². The first-order chi connectivity index (χ1) is 6.39. The second-order valence-corrected chi connectivity index (χ2v) is 6.27. The minimum absolute atomic E-state index is 0. The van der Waals surface area contributed by atoms with E-state index >= 15 is 0 Å². The van der Waals surface area contributed by atoms with E-state index in [1.165, 1.54) is 12.1 Å². The van der Waals surface area contributed by atoms with E-state index in [9.17, 15) is 8.42 Å². The van der Waals surface area contributed by atoms with Gasteiger partial charge in [0.1, 0.15) is 0 Å². The summed E-state index contributed by atoms with van der Waals surface area (Å²) in [6.07, 6.45) is 0. The third kappa shape index (κ3) is 5.83. The number of hydrogen-bond donors (Lipinski definition) is 0. The summed E-state index contributed by atoms with van der Waals surface area (Å²) >= 11 is 1.66. The van der Waals surface area contributed by atoms with Crippen LogP contribution in [0.3, 0.4) is 0 Å². The van der Waals surface area contributed by atoms with Crippen LogP contribution in [0.15, 0.2) is 34.1 Å². The van der Waals surface area contributed by atoms with Crippen molar-refractivity contribution >= 4 is 21.8 Å². The fourth-order valence-electron chi connectivity index (χ4n) is 0.970. The molecule has 0 spiro atoms. The van der Waals surface area contributed by atoms with Gasteiger partial charge in [-0.3, -0.25) is 0 Å². The van der Waals surface area contributed by atoms with Crippen LogP contribution in [0, 0.1) is 0 Å². The van der Waals surface area contributed by atoms with Gasteiger partial charge in [-0.15, -0.1) is 11.8 Å². The van der Waals surface area contributed by atoms with E-state index in [4.69, 9.17) is 5.14 Å². The maximum Gasteiger partial charge on any atom is 1.00 e. The van der Waals surface area contributed by atoms with Crippen LogP contribution in [0.5, 0.6) is 0 Å². The Kier molecular flexibility index (Phi) is 7.26. The van der Waals surface area contributed by atoms with Crippen molar-refractivity contribution in [3.05, 3.63) is 29.4 Å². The first-order valence-corrected chi connectivity index (χ1v) is 6.52. The Morgan fingerprint density at radius 1 is 1.20 bits per heavy atom. The zero-order valence-electron chi connectivity index (χ0n) is 9.02. The molecule has 0 unspecified atom stereocenters. The molecule has 0 aliphatic heterocycles. The zero-order chi connectivity index (χ0) is 10.8. The van der Waals surface area contributed by atoms with Crippen LogP contribution >= 0.6 is 11.8 Å². The summed E-state index contributed by atoms with van der Waals surface area (Å²) in [6, 6.07) is 6.39. The van der Waals surface area contributed by atoms with Crippen molar-refractivity contribution < 1.29 is 59.8 Å². The Labute approximate surface area is 138 Å². The van der Waals surface area contributed by atoms with E-state index in [0.29, 0.717) is 5.25 Å². The van der Waals surface area contributed by atoms with E-state index < -0.39 is 10.0 Å². The van der Waals surface area contributed by atoms with Crippen molar-refractivity contribution in [2.75, 3.05) is 0 Å². The van der Waals surface area contributed by atoms with Crippen LogP contribution in [0.2, 0.25) is 0 Å². The van der Waals surface area contributed by atoms with E-state index in [1.54, 1.807) is 23.9 Å². The van der Waals surface area contributed by atoms with Crippen molar-refractivity contribution in [1.82, 2.24) is 0 Å². The predicted molar refractivity (Wildman–Crippen MR) is 58.9 cm³/mol. The monoisotopic (exact) mass is 269 g/mol. The molecule has 0 saturated carbocycles. The molecule has 0 saturated heterocycles. The molecule has 6 heteroatoms. The molecule has 1 rings (SSSR count). The number of nitrogens with one attached hydrogen (secondary N) is 1. The van der Waals surface area contributed by atoms with Crippen LogP contribution in [0.4, 0.5) is 0 Å². The first-order valence-electron chi connectivity index (χ1n) is 4.16. The Hall–Kier alpha value is 1.12. The summed E-state index contributed by atoms with van der Waals surface area (Å²) in [4.78, 5) is 1.07. The second-order valence-electron chi connectivity index (χ2n) is 3.14. The van der Waals surface area contributed by atoms with Crippen molar-refractivity contribution in [3.8, 4) is 0 Å². The maximum atomic E-state index is 10.8. The van der Waals surface area contributed by atoms with Crippen LogP contribution in [0.1, 0.15) is 13.8 Å². The molecule has 0 fully saturated rings. The summed E-state index contributed by atoms with van der Waals surface area (Å²) in [5.41, 5.74) is 0. The molecule has 0 aromatic heterocycles.